The molecule has 0 aliphatic heterocycles. The predicted octanol–water partition coefficient (Wildman–Crippen LogP) is 0.172. The zero-order chi connectivity index (χ0) is 11.2. The Bertz CT molecular complexity index is 251. The molecule has 1 atom stereocenters. The Morgan fingerprint density at radius 2 is 2.00 bits per heavy atom. The van der Waals surface area contributed by atoms with Crippen molar-refractivity contribution >= 4 is 9.84 Å². The maximum absolute atomic E-state index is 10.9. The minimum absolute atomic E-state index is 0.121. The van der Waals surface area contributed by atoms with Gasteiger partial charge in [0.15, 0.2) is 0 Å². The van der Waals surface area contributed by atoms with Gasteiger partial charge in [-0.2, -0.15) is 0 Å². The first-order valence-electron chi connectivity index (χ1n) is 4.86. The summed E-state index contributed by atoms with van der Waals surface area (Å²) in [7, 11) is -2.89. The van der Waals surface area contributed by atoms with Crippen LogP contribution >= 0.6 is 0 Å². The molecule has 0 aromatic rings. The molecule has 0 aromatic carbocycles. The number of hydrogen-bond donors (Lipinski definition) is 2. The Morgan fingerprint density at radius 1 is 1.43 bits per heavy atom. The van der Waals surface area contributed by atoms with Crippen LogP contribution in [-0.4, -0.2) is 44.2 Å². The second-order valence-corrected chi connectivity index (χ2v) is 6.20. The zero-order valence-corrected chi connectivity index (χ0v) is 10.0. The topological polar surface area (TPSA) is 66.4 Å². The molecule has 0 spiro atoms. The van der Waals surface area contributed by atoms with E-state index >= 15 is 0 Å². The van der Waals surface area contributed by atoms with E-state index in [1.807, 2.05) is 13.8 Å². The number of rotatable bonds is 7. The van der Waals surface area contributed by atoms with Gasteiger partial charge in [-0.3, -0.25) is 0 Å². The van der Waals surface area contributed by atoms with Crippen LogP contribution in [0.2, 0.25) is 0 Å². The van der Waals surface area contributed by atoms with Gasteiger partial charge in [0, 0.05) is 24.9 Å². The summed E-state index contributed by atoms with van der Waals surface area (Å²) in [5.74, 6) is 0.147. The van der Waals surface area contributed by atoms with Gasteiger partial charge >= 0.3 is 0 Å². The normalized spacial score (nSPS) is 16.6. The maximum Gasteiger partial charge on any atom is 0.148 e. The lowest BCUT2D eigenvalue weighted by molar-refractivity contribution is 0.218. The monoisotopic (exact) mass is 223 g/mol. The average Bonchev–Trinajstić information content (AvgIpc) is 2.02. The van der Waals surface area contributed by atoms with Gasteiger partial charge in [0.05, 0.1) is 5.75 Å². The summed E-state index contributed by atoms with van der Waals surface area (Å²) in [4.78, 5) is 0. The van der Waals surface area contributed by atoms with Gasteiger partial charge in [0.25, 0.3) is 0 Å². The van der Waals surface area contributed by atoms with E-state index in [1.54, 1.807) is 0 Å². The summed E-state index contributed by atoms with van der Waals surface area (Å²) in [6, 6.07) is 0. The lowest BCUT2D eigenvalue weighted by Crippen LogP contribution is -2.44. The molecular weight excluding hydrogens is 202 g/mol. The molecule has 0 radical (unpaired) electrons. The minimum Gasteiger partial charge on any atom is -0.396 e. The van der Waals surface area contributed by atoms with Crippen LogP contribution in [0, 0.1) is 0 Å². The van der Waals surface area contributed by atoms with Crippen LogP contribution in [0.3, 0.4) is 0 Å². The Balaban J connectivity index is 3.96. The molecule has 0 rings (SSSR count). The van der Waals surface area contributed by atoms with Crippen LogP contribution < -0.4 is 5.32 Å². The standard InChI is InChI=1S/C9H21NO3S/c1-4-9(2,5-7-11)10-6-8-14(3,12)13/h10-11H,4-8H2,1-3H3. The first-order chi connectivity index (χ1) is 6.33. The summed E-state index contributed by atoms with van der Waals surface area (Å²) in [5, 5.41) is 12.0. The van der Waals surface area contributed by atoms with Crippen molar-refractivity contribution in [2.24, 2.45) is 0 Å². The van der Waals surface area contributed by atoms with Crippen molar-refractivity contribution in [3.05, 3.63) is 0 Å². The lowest BCUT2D eigenvalue weighted by atomic mass is 9.95. The molecule has 0 aliphatic carbocycles. The Kier molecular flexibility index (Phi) is 5.63. The van der Waals surface area contributed by atoms with Crippen molar-refractivity contribution in [2.45, 2.75) is 32.2 Å². The second kappa shape index (κ2) is 5.68. The van der Waals surface area contributed by atoms with E-state index in [2.05, 4.69) is 5.32 Å². The van der Waals surface area contributed by atoms with E-state index in [0.717, 1.165) is 6.42 Å². The first-order valence-corrected chi connectivity index (χ1v) is 6.92. The van der Waals surface area contributed by atoms with Crippen molar-refractivity contribution in [3.63, 3.8) is 0 Å². The molecule has 0 fully saturated rings. The Hall–Kier alpha value is -0.130. The molecule has 14 heavy (non-hydrogen) atoms. The molecular formula is C9H21NO3S. The van der Waals surface area contributed by atoms with Crippen LogP contribution in [0.4, 0.5) is 0 Å². The van der Waals surface area contributed by atoms with E-state index in [9.17, 15) is 8.42 Å². The van der Waals surface area contributed by atoms with Gasteiger partial charge in [0.1, 0.15) is 9.84 Å². The van der Waals surface area contributed by atoms with Crippen molar-refractivity contribution in [2.75, 3.05) is 25.2 Å². The van der Waals surface area contributed by atoms with Crippen molar-refractivity contribution in [1.82, 2.24) is 5.32 Å². The highest BCUT2D eigenvalue weighted by Crippen LogP contribution is 2.12. The summed E-state index contributed by atoms with van der Waals surface area (Å²) >= 11 is 0. The Labute approximate surface area is 86.6 Å². The fourth-order valence-corrected chi connectivity index (χ4v) is 1.65. The summed E-state index contributed by atoms with van der Waals surface area (Å²) in [6.07, 6.45) is 2.74. The number of nitrogens with one attached hydrogen (secondary N) is 1. The van der Waals surface area contributed by atoms with Crippen molar-refractivity contribution < 1.29 is 13.5 Å². The maximum atomic E-state index is 10.9. The van der Waals surface area contributed by atoms with Gasteiger partial charge in [0.2, 0.25) is 0 Å². The average molecular weight is 223 g/mol. The van der Waals surface area contributed by atoms with E-state index < -0.39 is 9.84 Å². The minimum atomic E-state index is -2.89. The third-order valence-electron chi connectivity index (χ3n) is 2.47. The van der Waals surface area contributed by atoms with E-state index in [0.29, 0.717) is 13.0 Å². The van der Waals surface area contributed by atoms with Gasteiger partial charge in [-0.25, -0.2) is 8.42 Å². The molecule has 0 bridgehead atoms. The molecule has 0 heterocycles. The van der Waals surface area contributed by atoms with E-state index in [1.165, 1.54) is 6.26 Å². The third kappa shape index (κ3) is 6.34. The van der Waals surface area contributed by atoms with Crippen LogP contribution in [0.25, 0.3) is 0 Å². The molecule has 0 saturated carbocycles. The highest BCUT2D eigenvalue weighted by molar-refractivity contribution is 7.90. The number of sulfone groups is 1. The summed E-state index contributed by atoms with van der Waals surface area (Å²) in [6.45, 7) is 4.58. The van der Waals surface area contributed by atoms with Gasteiger partial charge < -0.3 is 10.4 Å². The molecule has 0 aromatic heterocycles. The second-order valence-electron chi connectivity index (χ2n) is 3.94. The van der Waals surface area contributed by atoms with Crippen LogP contribution in [0.5, 0.6) is 0 Å². The fraction of sp³-hybridized carbons (Fsp3) is 1.00. The number of hydrogen-bond acceptors (Lipinski definition) is 4. The first kappa shape index (κ1) is 13.9. The fourth-order valence-electron chi connectivity index (χ4n) is 1.18. The molecule has 5 heteroatoms. The molecule has 0 amide bonds. The summed E-state index contributed by atoms with van der Waals surface area (Å²) in [5.41, 5.74) is -0.153. The molecule has 2 N–H and O–H groups in total. The van der Waals surface area contributed by atoms with Gasteiger partial charge in [-0.15, -0.1) is 0 Å². The SMILES string of the molecule is CCC(C)(CCO)NCCS(C)(=O)=O. The quantitative estimate of drug-likeness (QED) is 0.646. The smallest absolute Gasteiger partial charge is 0.148 e. The number of aliphatic hydroxyl groups is 1. The van der Waals surface area contributed by atoms with Crippen LogP contribution in [-0.2, 0) is 9.84 Å². The van der Waals surface area contributed by atoms with Crippen molar-refractivity contribution in [3.8, 4) is 0 Å². The van der Waals surface area contributed by atoms with E-state index in [4.69, 9.17) is 5.11 Å². The molecule has 86 valence electrons. The molecule has 0 saturated heterocycles. The largest absolute Gasteiger partial charge is 0.396 e. The third-order valence-corrected chi connectivity index (χ3v) is 3.41. The number of aliphatic hydroxyl groups excluding tert-OH is 1. The molecule has 1 unspecified atom stereocenters. The predicted molar refractivity (Wildman–Crippen MR) is 58.1 cm³/mol. The van der Waals surface area contributed by atoms with Crippen molar-refractivity contribution in [1.29, 1.82) is 0 Å². The summed E-state index contributed by atoms with van der Waals surface area (Å²) < 4.78 is 21.7. The Morgan fingerprint density at radius 3 is 2.36 bits per heavy atom. The van der Waals surface area contributed by atoms with Crippen LogP contribution in [0.15, 0.2) is 0 Å². The van der Waals surface area contributed by atoms with E-state index in [-0.39, 0.29) is 17.9 Å². The van der Waals surface area contributed by atoms with Gasteiger partial charge in [-0.1, -0.05) is 6.92 Å². The van der Waals surface area contributed by atoms with Crippen LogP contribution in [0.1, 0.15) is 26.7 Å². The lowest BCUT2D eigenvalue weighted by Gasteiger charge is -2.29. The highest BCUT2D eigenvalue weighted by atomic mass is 32.2. The zero-order valence-electron chi connectivity index (χ0n) is 9.21. The van der Waals surface area contributed by atoms with Gasteiger partial charge in [-0.05, 0) is 19.8 Å². The molecule has 4 nitrogen and oxygen atoms in total. The highest BCUT2D eigenvalue weighted by Gasteiger charge is 2.20. The molecule has 0 aliphatic rings.